The minimum Gasteiger partial charge on any atom is -0.455 e. The molecule has 312 valence electrons. The first-order valence-corrected chi connectivity index (χ1v) is 23.2. The Balaban J connectivity index is 0.996. The van der Waals surface area contributed by atoms with Crippen LogP contribution in [0.4, 0.5) is 17.1 Å². The number of hydrogen-bond donors (Lipinski definition) is 0. The van der Waals surface area contributed by atoms with Crippen molar-refractivity contribution in [1.29, 1.82) is 0 Å². The summed E-state index contributed by atoms with van der Waals surface area (Å²) in [6.07, 6.45) is 0. The van der Waals surface area contributed by atoms with Crippen molar-refractivity contribution in [3.63, 3.8) is 0 Å². The number of hydrogen-bond acceptors (Lipinski definition) is 2. The van der Waals surface area contributed by atoms with Crippen molar-refractivity contribution >= 4 is 49.8 Å². The molecule has 2 nitrogen and oxygen atoms in total. The van der Waals surface area contributed by atoms with Gasteiger partial charge in [0.2, 0.25) is 0 Å². The minimum atomic E-state index is -0.454. The first-order chi connectivity index (χ1) is 33.3. The Morgan fingerprint density at radius 3 is 1.34 bits per heavy atom. The normalized spacial score (nSPS) is 12.9. The van der Waals surface area contributed by atoms with Crippen LogP contribution in [-0.2, 0) is 5.41 Å². The molecule has 2 aliphatic rings. The summed E-state index contributed by atoms with van der Waals surface area (Å²) in [5, 5.41) is 4.53. The van der Waals surface area contributed by atoms with Gasteiger partial charge in [0.25, 0.3) is 0 Å². The Hall–Kier alpha value is -8.72. The maximum Gasteiger partial charge on any atom is 0.143 e. The van der Waals surface area contributed by atoms with Gasteiger partial charge in [0.15, 0.2) is 0 Å². The SMILES string of the molecule is c1ccc(-c2ccc(N(c3ccc(-c4c(-c5ccccc5)c5ccccc5c5oc6ccccc6c45)cc3)c3ccc4c(c3)C3(c5ccccc5-c5ccccc53)c3ccccc3-4)cc2)cc1. The molecule has 0 radical (unpaired) electrons. The van der Waals surface area contributed by atoms with Crippen LogP contribution in [0.25, 0.3) is 88.3 Å². The first-order valence-electron chi connectivity index (χ1n) is 23.2. The van der Waals surface area contributed by atoms with Crippen molar-refractivity contribution < 1.29 is 4.42 Å². The van der Waals surface area contributed by atoms with Crippen LogP contribution in [-0.4, -0.2) is 0 Å². The van der Waals surface area contributed by atoms with Gasteiger partial charge in [-0.15, -0.1) is 0 Å². The fourth-order valence-electron chi connectivity index (χ4n) is 11.7. The van der Waals surface area contributed by atoms with E-state index in [1.165, 1.54) is 77.7 Å². The number of furan rings is 1. The first kappa shape index (κ1) is 37.6. The van der Waals surface area contributed by atoms with E-state index in [4.69, 9.17) is 4.42 Å². The quantitative estimate of drug-likeness (QED) is 0.166. The molecule has 1 spiro atoms. The smallest absolute Gasteiger partial charge is 0.143 e. The van der Waals surface area contributed by atoms with Crippen LogP contribution in [0.3, 0.4) is 0 Å². The van der Waals surface area contributed by atoms with Crippen LogP contribution in [0.15, 0.2) is 253 Å². The maximum atomic E-state index is 6.77. The molecular formula is C65H41NO. The van der Waals surface area contributed by atoms with E-state index in [0.717, 1.165) is 50.0 Å². The number of rotatable bonds is 6. The van der Waals surface area contributed by atoms with Gasteiger partial charge in [-0.05, 0) is 120 Å². The molecule has 0 amide bonds. The van der Waals surface area contributed by atoms with Crippen molar-refractivity contribution in [3.8, 4) is 55.6 Å². The molecule has 2 heteroatoms. The van der Waals surface area contributed by atoms with Crippen LogP contribution >= 0.6 is 0 Å². The highest BCUT2D eigenvalue weighted by molar-refractivity contribution is 6.26. The molecule has 11 aromatic carbocycles. The molecule has 0 N–H and O–H groups in total. The van der Waals surface area contributed by atoms with Gasteiger partial charge in [0.05, 0.1) is 5.41 Å². The van der Waals surface area contributed by atoms with Gasteiger partial charge < -0.3 is 9.32 Å². The van der Waals surface area contributed by atoms with E-state index >= 15 is 0 Å². The second-order valence-electron chi connectivity index (χ2n) is 17.9. The summed E-state index contributed by atoms with van der Waals surface area (Å²) >= 11 is 0. The average Bonchev–Trinajstić information content (AvgIpc) is 4.04. The summed E-state index contributed by atoms with van der Waals surface area (Å²) < 4.78 is 6.77. The lowest BCUT2D eigenvalue weighted by molar-refractivity contribution is 0.673. The van der Waals surface area contributed by atoms with E-state index in [9.17, 15) is 0 Å². The largest absolute Gasteiger partial charge is 0.455 e. The molecule has 0 unspecified atom stereocenters. The third-order valence-electron chi connectivity index (χ3n) is 14.5. The maximum absolute atomic E-state index is 6.77. The fraction of sp³-hybridized carbons (Fsp3) is 0.0154. The summed E-state index contributed by atoms with van der Waals surface area (Å²) in [5.41, 5.74) is 22.2. The highest BCUT2D eigenvalue weighted by Crippen LogP contribution is 2.63. The molecule has 0 fully saturated rings. The molecule has 0 atom stereocenters. The second kappa shape index (κ2) is 14.7. The molecule has 67 heavy (non-hydrogen) atoms. The van der Waals surface area contributed by atoms with Crippen molar-refractivity contribution in [3.05, 3.63) is 271 Å². The summed E-state index contributed by atoms with van der Waals surface area (Å²) in [6.45, 7) is 0. The Labute approximate surface area is 389 Å². The number of para-hydroxylation sites is 1. The Kier molecular flexibility index (Phi) is 8.23. The molecule has 1 aromatic heterocycles. The van der Waals surface area contributed by atoms with Crippen LogP contribution in [0.1, 0.15) is 22.3 Å². The number of anilines is 3. The van der Waals surface area contributed by atoms with Crippen molar-refractivity contribution in [2.75, 3.05) is 4.90 Å². The van der Waals surface area contributed by atoms with Crippen molar-refractivity contribution in [1.82, 2.24) is 0 Å². The van der Waals surface area contributed by atoms with E-state index in [0.29, 0.717) is 0 Å². The van der Waals surface area contributed by atoms with Gasteiger partial charge in [-0.1, -0.05) is 206 Å². The van der Waals surface area contributed by atoms with E-state index in [1.807, 2.05) is 0 Å². The summed E-state index contributed by atoms with van der Waals surface area (Å²) in [6, 6.07) is 91.2. The highest BCUT2D eigenvalue weighted by atomic mass is 16.3. The highest BCUT2D eigenvalue weighted by Gasteiger charge is 2.51. The van der Waals surface area contributed by atoms with E-state index in [1.54, 1.807) is 0 Å². The molecule has 1 heterocycles. The van der Waals surface area contributed by atoms with Gasteiger partial charge in [-0.25, -0.2) is 0 Å². The van der Waals surface area contributed by atoms with Crippen LogP contribution in [0, 0.1) is 0 Å². The van der Waals surface area contributed by atoms with Crippen LogP contribution in [0.2, 0.25) is 0 Å². The van der Waals surface area contributed by atoms with Crippen LogP contribution in [0.5, 0.6) is 0 Å². The molecular weight excluding hydrogens is 811 g/mol. The lowest BCUT2D eigenvalue weighted by Gasteiger charge is -2.32. The summed E-state index contributed by atoms with van der Waals surface area (Å²) in [7, 11) is 0. The van der Waals surface area contributed by atoms with Gasteiger partial charge in [-0.3, -0.25) is 0 Å². The second-order valence-corrected chi connectivity index (χ2v) is 17.9. The number of nitrogens with zero attached hydrogens (tertiary/aromatic N) is 1. The minimum absolute atomic E-state index is 0.454. The monoisotopic (exact) mass is 851 g/mol. The lowest BCUT2D eigenvalue weighted by Crippen LogP contribution is -2.26. The molecule has 0 bridgehead atoms. The molecule has 0 saturated heterocycles. The third kappa shape index (κ3) is 5.45. The zero-order valence-electron chi connectivity index (χ0n) is 36.5. The molecule has 0 saturated carbocycles. The third-order valence-corrected chi connectivity index (χ3v) is 14.5. The van der Waals surface area contributed by atoms with Crippen LogP contribution < -0.4 is 4.90 Å². The lowest BCUT2D eigenvalue weighted by atomic mass is 9.70. The average molecular weight is 852 g/mol. The van der Waals surface area contributed by atoms with Gasteiger partial charge in [0.1, 0.15) is 11.2 Å². The van der Waals surface area contributed by atoms with E-state index in [-0.39, 0.29) is 0 Å². The van der Waals surface area contributed by atoms with Gasteiger partial charge in [0, 0.05) is 38.8 Å². The predicted octanol–water partition coefficient (Wildman–Crippen LogP) is 17.6. The molecule has 0 aliphatic heterocycles. The zero-order chi connectivity index (χ0) is 44.1. The summed E-state index contributed by atoms with van der Waals surface area (Å²) in [4.78, 5) is 2.43. The summed E-state index contributed by atoms with van der Waals surface area (Å²) in [5.74, 6) is 0. The predicted molar refractivity (Wildman–Crippen MR) is 279 cm³/mol. The topological polar surface area (TPSA) is 16.4 Å². The number of benzene rings is 11. The molecule has 14 rings (SSSR count). The van der Waals surface area contributed by atoms with E-state index in [2.05, 4.69) is 254 Å². The zero-order valence-corrected chi connectivity index (χ0v) is 36.5. The Morgan fingerprint density at radius 2 is 0.731 bits per heavy atom. The Bertz CT molecular complexity index is 3840. The fourth-order valence-corrected chi connectivity index (χ4v) is 11.7. The number of fused-ring (bicyclic) bond motifs is 15. The van der Waals surface area contributed by atoms with Gasteiger partial charge in [-0.2, -0.15) is 0 Å². The van der Waals surface area contributed by atoms with E-state index < -0.39 is 5.41 Å². The molecule has 2 aliphatic carbocycles. The van der Waals surface area contributed by atoms with Crippen molar-refractivity contribution in [2.45, 2.75) is 5.41 Å². The molecule has 12 aromatic rings. The standard InChI is InChI=1S/C65H41NO/c1-3-17-42(18-4-1)43-31-35-46(36-32-43)66(48-39-40-52-51-23-11-15-29-58(51)65(59(52)41-48)56-27-13-9-21-49(56)50-22-10-14-28-57(50)65)47-37-33-45(34-38-47)62-61(44-19-5-2-6-20-44)53-24-7-8-25-54(53)64-63(62)55-26-12-16-30-60(55)67-64/h1-41H. The van der Waals surface area contributed by atoms with Crippen molar-refractivity contribution in [2.24, 2.45) is 0 Å². The Morgan fingerprint density at radius 1 is 0.299 bits per heavy atom. The van der Waals surface area contributed by atoms with Gasteiger partial charge >= 0.3 is 0 Å².